The molecule has 2 unspecified atom stereocenters. The van der Waals surface area contributed by atoms with Crippen molar-refractivity contribution in [3.05, 3.63) is 16.3 Å². The van der Waals surface area contributed by atoms with E-state index in [0.717, 1.165) is 37.3 Å². The van der Waals surface area contributed by atoms with Crippen molar-refractivity contribution in [2.75, 3.05) is 20.2 Å². The highest BCUT2D eigenvalue weighted by molar-refractivity contribution is 7.89. The third-order valence-corrected chi connectivity index (χ3v) is 6.30. The number of carbonyl (C=O) groups excluding carboxylic acids is 1. The van der Waals surface area contributed by atoms with Gasteiger partial charge in [-0.1, -0.05) is 0 Å². The molecule has 1 aromatic heterocycles. The molecule has 1 aliphatic heterocycles. The zero-order valence-corrected chi connectivity index (χ0v) is 14.9. The summed E-state index contributed by atoms with van der Waals surface area (Å²) in [5, 5.41) is 4.85. The molecule has 1 saturated heterocycles. The second kappa shape index (κ2) is 8.26. The van der Waals surface area contributed by atoms with Crippen LogP contribution in [0.15, 0.2) is 16.3 Å². The fourth-order valence-electron chi connectivity index (χ4n) is 2.46. The fraction of sp³-hybridized carbons (Fsp3) is 0.615. The zero-order valence-electron chi connectivity index (χ0n) is 12.5. The standard InChI is InChI=1S/C13H20N2O4S2.ClH/c1-9(10-4-3-6-14-8-10)15-21(17,18)11-5-7-20-12(11)13(16)19-2;/h5,7,9-10,14-15H,3-4,6,8H2,1-2H3;1H. The molecule has 6 nitrogen and oxygen atoms in total. The molecule has 0 aromatic carbocycles. The highest BCUT2D eigenvalue weighted by Crippen LogP contribution is 2.24. The van der Waals surface area contributed by atoms with E-state index < -0.39 is 16.0 Å². The number of nitrogens with one attached hydrogen (secondary N) is 2. The predicted molar refractivity (Wildman–Crippen MR) is 88.3 cm³/mol. The Morgan fingerprint density at radius 1 is 1.55 bits per heavy atom. The summed E-state index contributed by atoms with van der Waals surface area (Å²) in [5.41, 5.74) is 0. The second-order valence-electron chi connectivity index (χ2n) is 5.12. The lowest BCUT2D eigenvalue weighted by Crippen LogP contribution is -2.44. The number of rotatable bonds is 5. The summed E-state index contributed by atoms with van der Waals surface area (Å²) in [6.07, 6.45) is 2.03. The van der Waals surface area contributed by atoms with Gasteiger partial charge in [-0.15, -0.1) is 23.7 Å². The minimum absolute atomic E-state index is 0. The number of carbonyl (C=O) groups is 1. The maximum atomic E-state index is 12.5. The fourth-order valence-corrected chi connectivity index (χ4v) is 5.11. The Kier molecular flexibility index (Phi) is 7.27. The van der Waals surface area contributed by atoms with Crippen LogP contribution < -0.4 is 10.0 Å². The van der Waals surface area contributed by atoms with E-state index in [1.165, 1.54) is 13.2 Å². The first kappa shape index (κ1) is 19.4. The number of ether oxygens (including phenoxy) is 1. The summed E-state index contributed by atoms with van der Waals surface area (Å²) in [6, 6.07) is 1.25. The Morgan fingerprint density at radius 3 is 2.86 bits per heavy atom. The number of halogens is 1. The van der Waals surface area contributed by atoms with Gasteiger partial charge in [0.2, 0.25) is 10.0 Å². The second-order valence-corrected chi connectivity index (χ2v) is 7.72. The molecule has 1 aromatic rings. The van der Waals surface area contributed by atoms with Crippen molar-refractivity contribution >= 4 is 39.7 Å². The van der Waals surface area contributed by atoms with Gasteiger partial charge in [0.1, 0.15) is 9.77 Å². The van der Waals surface area contributed by atoms with Crippen LogP contribution >= 0.6 is 23.7 Å². The van der Waals surface area contributed by atoms with Crippen LogP contribution in [0.3, 0.4) is 0 Å². The highest BCUT2D eigenvalue weighted by atomic mass is 35.5. The minimum Gasteiger partial charge on any atom is -0.465 e. The van der Waals surface area contributed by atoms with Crippen molar-refractivity contribution in [3.63, 3.8) is 0 Å². The molecule has 2 rings (SSSR count). The van der Waals surface area contributed by atoms with Crippen molar-refractivity contribution < 1.29 is 17.9 Å². The highest BCUT2D eigenvalue weighted by Gasteiger charge is 2.29. The van der Waals surface area contributed by atoms with Crippen LogP contribution in [0.2, 0.25) is 0 Å². The van der Waals surface area contributed by atoms with Crippen molar-refractivity contribution in [2.45, 2.75) is 30.7 Å². The molecule has 1 aliphatic rings. The predicted octanol–water partition coefficient (Wildman–Crippen LogP) is 1.62. The number of sulfonamides is 1. The van der Waals surface area contributed by atoms with E-state index >= 15 is 0 Å². The lowest BCUT2D eigenvalue weighted by Gasteiger charge is -2.28. The molecule has 126 valence electrons. The van der Waals surface area contributed by atoms with Crippen LogP contribution in [0.25, 0.3) is 0 Å². The van der Waals surface area contributed by atoms with Crippen LogP contribution in [-0.4, -0.2) is 40.6 Å². The van der Waals surface area contributed by atoms with Crippen LogP contribution in [0.1, 0.15) is 29.4 Å². The van der Waals surface area contributed by atoms with Crippen molar-refractivity contribution in [1.29, 1.82) is 0 Å². The molecular weight excluding hydrogens is 348 g/mol. The van der Waals surface area contributed by atoms with E-state index in [1.807, 2.05) is 6.92 Å². The van der Waals surface area contributed by atoms with Crippen molar-refractivity contribution in [2.24, 2.45) is 5.92 Å². The number of hydrogen-bond acceptors (Lipinski definition) is 6. The monoisotopic (exact) mass is 368 g/mol. The average molecular weight is 369 g/mol. The SMILES string of the molecule is COC(=O)c1sccc1S(=O)(=O)NC(C)C1CCCNC1.Cl. The molecule has 2 atom stereocenters. The molecule has 0 saturated carbocycles. The molecular formula is C13H21ClN2O4S2. The van der Waals surface area contributed by atoms with Crippen LogP contribution in [0, 0.1) is 5.92 Å². The van der Waals surface area contributed by atoms with Gasteiger partial charge in [0.05, 0.1) is 7.11 Å². The van der Waals surface area contributed by atoms with Gasteiger partial charge in [0.15, 0.2) is 0 Å². The number of esters is 1. The van der Waals surface area contributed by atoms with Gasteiger partial charge in [-0.2, -0.15) is 0 Å². The van der Waals surface area contributed by atoms with Gasteiger partial charge in [-0.25, -0.2) is 17.9 Å². The largest absolute Gasteiger partial charge is 0.465 e. The zero-order chi connectivity index (χ0) is 15.5. The van der Waals surface area contributed by atoms with Gasteiger partial charge < -0.3 is 10.1 Å². The summed E-state index contributed by atoms with van der Waals surface area (Å²) in [7, 11) is -2.48. The van der Waals surface area contributed by atoms with Crippen LogP contribution in [-0.2, 0) is 14.8 Å². The van der Waals surface area contributed by atoms with Gasteiger partial charge in [0.25, 0.3) is 0 Å². The van der Waals surface area contributed by atoms with E-state index in [1.54, 1.807) is 5.38 Å². The number of piperidine rings is 1. The summed E-state index contributed by atoms with van der Waals surface area (Å²) in [6.45, 7) is 3.64. The van der Waals surface area contributed by atoms with Gasteiger partial charge in [-0.05, 0) is 50.2 Å². The average Bonchev–Trinajstić information content (AvgIpc) is 2.97. The lowest BCUT2D eigenvalue weighted by atomic mass is 9.94. The maximum absolute atomic E-state index is 12.5. The third-order valence-electron chi connectivity index (χ3n) is 3.67. The topological polar surface area (TPSA) is 84.5 Å². The molecule has 1 fully saturated rings. The number of hydrogen-bond donors (Lipinski definition) is 2. The molecule has 0 amide bonds. The van der Waals surface area contributed by atoms with E-state index in [2.05, 4.69) is 14.8 Å². The normalized spacial score (nSPS) is 20.0. The van der Waals surface area contributed by atoms with E-state index in [-0.39, 0.29) is 34.1 Å². The molecule has 0 radical (unpaired) electrons. The maximum Gasteiger partial charge on any atom is 0.349 e. The molecule has 0 spiro atoms. The summed E-state index contributed by atoms with van der Waals surface area (Å²) >= 11 is 1.07. The van der Waals surface area contributed by atoms with E-state index in [4.69, 9.17) is 0 Å². The smallest absolute Gasteiger partial charge is 0.349 e. The van der Waals surface area contributed by atoms with Gasteiger partial charge in [-0.3, -0.25) is 0 Å². The first-order valence-corrected chi connectivity index (χ1v) is 9.21. The number of thiophene rings is 1. The Balaban J connectivity index is 0.00000242. The summed E-state index contributed by atoms with van der Waals surface area (Å²) in [4.78, 5) is 11.7. The first-order valence-electron chi connectivity index (χ1n) is 6.84. The van der Waals surface area contributed by atoms with Crippen molar-refractivity contribution in [1.82, 2.24) is 10.0 Å². The van der Waals surface area contributed by atoms with Gasteiger partial charge >= 0.3 is 5.97 Å². The molecule has 22 heavy (non-hydrogen) atoms. The lowest BCUT2D eigenvalue weighted by molar-refractivity contribution is 0.0602. The first-order chi connectivity index (χ1) is 9.95. The van der Waals surface area contributed by atoms with E-state index in [9.17, 15) is 13.2 Å². The molecule has 2 heterocycles. The Hall–Kier alpha value is -0.670. The molecule has 9 heteroatoms. The third kappa shape index (κ3) is 4.42. The Labute approximate surface area is 141 Å². The van der Waals surface area contributed by atoms with E-state index in [0.29, 0.717) is 0 Å². The minimum atomic E-state index is -3.72. The van der Waals surface area contributed by atoms with Gasteiger partial charge in [0, 0.05) is 6.04 Å². The van der Waals surface area contributed by atoms with Crippen molar-refractivity contribution in [3.8, 4) is 0 Å². The quantitative estimate of drug-likeness (QED) is 0.771. The molecule has 0 bridgehead atoms. The summed E-state index contributed by atoms with van der Waals surface area (Å²) in [5.74, 6) is -0.369. The molecule has 2 N–H and O–H groups in total. The Bertz CT molecular complexity index is 597. The van der Waals surface area contributed by atoms with Crippen LogP contribution in [0.4, 0.5) is 0 Å². The van der Waals surface area contributed by atoms with Crippen LogP contribution in [0.5, 0.6) is 0 Å². The number of methoxy groups -OCH3 is 1. The Morgan fingerprint density at radius 2 is 2.27 bits per heavy atom. The molecule has 0 aliphatic carbocycles. The summed E-state index contributed by atoms with van der Waals surface area (Å²) < 4.78 is 32.2.